The SMILES string of the molecule is CC(C)Cn1cnc2c(N)nc3ccccc3c21.CS(=O)(=O)O.Cc1ccc(NC(=O)c2ccc(CN3CCN(C)CC3)cc2)cc1Nc1nccc(-c2cccnc2)n1. The molecular weight excluding hydrogens is 779 g/mol. The second-order valence-corrected chi connectivity index (χ2v) is 16.6. The van der Waals surface area contributed by atoms with Crippen molar-refractivity contribution in [2.75, 3.05) is 55.8 Å². The van der Waals surface area contributed by atoms with Gasteiger partial charge >= 0.3 is 0 Å². The molecule has 1 saturated heterocycles. The Hall–Kier alpha value is -6.33. The van der Waals surface area contributed by atoms with Gasteiger partial charge in [0.2, 0.25) is 5.95 Å². The van der Waals surface area contributed by atoms with Crippen LogP contribution in [0.25, 0.3) is 33.2 Å². The number of fused-ring (bicyclic) bond motifs is 3. The molecule has 5 N–H and O–H groups in total. The number of hydrogen-bond acceptors (Lipinski definition) is 12. The molecule has 0 saturated carbocycles. The third-order valence-electron chi connectivity index (χ3n) is 9.62. The number of nitrogens with one attached hydrogen (secondary N) is 2. The molecule has 3 aromatic carbocycles. The van der Waals surface area contributed by atoms with E-state index in [0.29, 0.717) is 35.2 Å². The van der Waals surface area contributed by atoms with Crippen molar-refractivity contribution in [2.45, 2.75) is 33.9 Å². The van der Waals surface area contributed by atoms with Crippen LogP contribution in [0.15, 0.2) is 110 Å². The van der Waals surface area contributed by atoms with E-state index in [2.05, 4.69) is 76.9 Å². The molecule has 1 amide bonds. The molecule has 7 aromatic rings. The van der Waals surface area contributed by atoms with Gasteiger partial charge in [-0.05, 0) is 79.5 Å². The van der Waals surface area contributed by atoms with Gasteiger partial charge in [-0.15, -0.1) is 0 Å². The number of pyridine rings is 2. The predicted octanol–water partition coefficient (Wildman–Crippen LogP) is 6.92. The van der Waals surface area contributed by atoms with E-state index in [1.54, 1.807) is 18.6 Å². The molecule has 0 bridgehead atoms. The van der Waals surface area contributed by atoms with E-state index >= 15 is 0 Å². The summed E-state index contributed by atoms with van der Waals surface area (Å²) in [5.74, 6) is 1.40. The second kappa shape index (κ2) is 19.6. The lowest BCUT2D eigenvalue weighted by atomic mass is 10.1. The molecular formula is C44H51N11O4S. The quantitative estimate of drug-likeness (QED) is 0.110. The standard InChI is InChI=1S/C29H31N7O.C14H16N4.CH4O3S/c1-21-5-10-25(18-27(21)34-29-31-13-11-26(33-29)24-4-3-12-30-19-24)32-28(37)23-8-6-22(7-9-23)20-36-16-14-35(2)15-17-36;1-9(2)7-18-8-16-12-13(18)10-5-3-4-6-11(10)17-14(12)15;1-5(2,3)4/h3-13,18-19H,14-17,20H2,1-2H3,(H,32,37)(H,31,33,34);3-6,8-9H,7H2,1-2H3,(H2,15,17);1H3,(H,2,3,4). The van der Waals surface area contributed by atoms with Crippen LogP contribution in [0.4, 0.5) is 23.1 Å². The van der Waals surface area contributed by atoms with Crippen molar-refractivity contribution in [3.8, 4) is 11.3 Å². The van der Waals surface area contributed by atoms with Crippen molar-refractivity contribution in [1.29, 1.82) is 0 Å². The van der Waals surface area contributed by atoms with Crippen molar-refractivity contribution in [3.05, 3.63) is 127 Å². The fourth-order valence-corrected chi connectivity index (χ4v) is 6.62. The van der Waals surface area contributed by atoms with E-state index in [1.807, 2.05) is 92.1 Å². The molecule has 312 valence electrons. The highest BCUT2D eigenvalue weighted by Crippen LogP contribution is 2.28. The van der Waals surface area contributed by atoms with Gasteiger partial charge in [-0.25, -0.2) is 19.9 Å². The maximum Gasteiger partial charge on any atom is 0.261 e. The Morgan fingerprint density at radius 1 is 0.917 bits per heavy atom. The lowest BCUT2D eigenvalue weighted by Gasteiger charge is -2.32. The summed E-state index contributed by atoms with van der Waals surface area (Å²) in [6.07, 6.45) is 7.79. The van der Waals surface area contributed by atoms with Gasteiger partial charge in [0.05, 0.1) is 29.3 Å². The number of benzene rings is 3. The van der Waals surface area contributed by atoms with Crippen molar-refractivity contribution >= 4 is 61.1 Å². The summed E-state index contributed by atoms with van der Waals surface area (Å²) in [6, 6.07) is 27.4. The third-order valence-corrected chi connectivity index (χ3v) is 9.62. The molecule has 15 nitrogen and oxygen atoms in total. The molecule has 8 rings (SSSR count). The minimum absolute atomic E-state index is 0.143. The van der Waals surface area contributed by atoms with Crippen LogP contribution >= 0.6 is 0 Å². The zero-order chi connectivity index (χ0) is 42.8. The molecule has 1 aliphatic heterocycles. The number of nitrogens with zero attached hydrogens (tertiary/aromatic N) is 8. The number of hydrogen-bond donors (Lipinski definition) is 4. The highest BCUT2D eigenvalue weighted by molar-refractivity contribution is 7.85. The normalized spacial score (nSPS) is 13.3. The van der Waals surface area contributed by atoms with Crippen molar-refractivity contribution < 1.29 is 17.8 Å². The third kappa shape index (κ3) is 12.1. The van der Waals surface area contributed by atoms with E-state index in [4.69, 9.17) is 10.3 Å². The van der Waals surface area contributed by atoms with Gasteiger partial charge in [-0.1, -0.05) is 50.2 Å². The minimum atomic E-state index is -3.67. The first-order valence-corrected chi connectivity index (χ1v) is 21.4. The zero-order valence-electron chi connectivity index (χ0n) is 34.4. The number of rotatable bonds is 9. The van der Waals surface area contributed by atoms with Gasteiger partial charge in [-0.3, -0.25) is 19.2 Å². The number of para-hydroxylation sites is 1. The van der Waals surface area contributed by atoms with E-state index in [1.165, 1.54) is 5.56 Å². The Morgan fingerprint density at radius 3 is 2.35 bits per heavy atom. The van der Waals surface area contributed by atoms with Crippen LogP contribution in [0.5, 0.6) is 0 Å². The van der Waals surface area contributed by atoms with Crippen LogP contribution in [0.3, 0.4) is 0 Å². The van der Waals surface area contributed by atoms with E-state index in [9.17, 15) is 13.2 Å². The summed E-state index contributed by atoms with van der Waals surface area (Å²) in [4.78, 5) is 39.7. The summed E-state index contributed by atoms with van der Waals surface area (Å²) in [6.45, 7) is 12.6. The van der Waals surface area contributed by atoms with Crippen LogP contribution in [-0.2, 0) is 23.2 Å². The number of carbonyl (C=O) groups is 1. The van der Waals surface area contributed by atoms with Gasteiger partial charge in [-0.2, -0.15) is 8.42 Å². The van der Waals surface area contributed by atoms with Crippen LogP contribution in [0.2, 0.25) is 0 Å². The molecule has 4 aromatic heterocycles. The molecule has 1 fully saturated rings. The first kappa shape index (κ1) is 43.3. The summed E-state index contributed by atoms with van der Waals surface area (Å²) in [5.41, 5.74) is 14.9. The average Bonchev–Trinajstić information content (AvgIpc) is 3.64. The number of nitrogen functional groups attached to an aromatic ring is 1. The summed E-state index contributed by atoms with van der Waals surface area (Å²) in [5, 5.41) is 7.40. The van der Waals surface area contributed by atoms with Crippen molar-refractivity contribution in [2.24, 2.45) is 5.92 Å². The van der Waals surface area contributed by atoms with Crippen LogP contribution in [0, 0.1) is 12.8 Å². The smallest absolute Gasteiger partial charge is 0.261 e. The molecule has 0 atom stereocenters. The Labute approximate surface area is 350 Å². The van der Waals surface area contributed by atoms with E-state index in [0.717, 1.165) is 83.7 Å². The Morgan fingerprint density at radius 2 is 1.65 bits per heavy atom. The van der Waals surface area contributed by atoms with E-state index in [-0.39, 0.29) is 5.91 Å². The maximum absolute atomic E-state index is 12.9. The Bertz CT molecular complexity index is 2640. The molecule has 60 heavy (non-hydrogen) atoms. The highest BCUT2D eigenvalue weighted by Gasteiger charge is 2.15. The molecule has 0 radical (unpaired) electrons. The molecule has 0 aliphatic carbocycles. The van der Waals surface area contributed by atoms with Gasteiger partial charge in [0, 0.05) is 85.7 Å². The molecule has 1 aliphatic rings. The van der Waals surface area contributed by atoms with Gasteiger partial charge in [0.1, 0.15) is 5.52 Å². The number of amides is 1. The maximum atomic E-state index is 12.9. The van der Waals surface area contributed by atoms with Crippen LogP contribution < -0.4 is 16.4 Å². The number of piperazine rings is 1. The number of carbonyl (C=O) groups excluding carboxylic acids is 1. The Kier molecular flexibility index (Phi) is 14.1. The zero-order valence-corrected chi connectivity index (χ0v) is 35.3. The van der Waals surface area contributed by atoms with Crippen molar-refractivity contribution in [1.82, 2.24) is 39.3 Å². The number of likely N-dealkylation sites (N-methyl/N-ethyl adjacent to an activating group) is 1. The summed E-state index contributed by atoms with van der Waals surface area (Å²) >= 11 is 0. The van der Waals surface area contributed by atoms with Gasteiger partial charge in [0.15, 0.2) is 5.82 Å². The number of anilines is 4. The largest absolute Gasteiger partial charge is 0.382 e. The van der Waals surface area contributed by atoms with Gasteiger partial charge in [0.25, 0.3) is 16.0 Å². The number of aryl methyl sites for hydroxylation is 1. The number of imidazole rings is 1. The fraction of sp³-hybridized carbons (Fsp3) is 0.273. The van der Waals surface area contributed by atoms with Crippen LogP contribution in [-0.4, -0.2) is 97.6 Å². The van der Waals surface area contributed by atoms with Crippen LogP contribution in [0.1, 0.15) is 35.3 Å². The predicted molar refractivity (Wildman–Crippen MR) is 239 cm³/mol. The molecule has 5 heterocycles. The van der Waals surface area contributed by atoms with Crippen molar-refractivity contribution in [3.63, 3.8) is 0 Å². The molecule has 0 spiro atoms. The van der Waals surface area contributed by atoms with Gasteiger partial charge < -0.3 is 25.8 Å². The topological polar surface area (TPSA) is 197 Å². The fourth-order valence-electron chi connectivity index (χ4n) is 6.62. The first-order chi connectivity index (χ1) is 28.7. The summed E-state index contributed by atoms with van der Waals surface area (Å²) < 4.78 is 28.0. The lowest BCUT2D eigenvalue weighted by molar-refractivity contribution is 0.102. The Balaban J connectivity index is 0.000000216. The highest BCUT2D eigenvalue weighted by atomic mass is 32.2. The number of aromatic nitrogens is 6. The molecule has 0 unspecified atom stereocenters. The lowest BCUT2D eigenvalue weighted by Crippen LogP contribution is -2.43. The summed E-state index contributed by atoms with van der Waals surface area (Å²) in [7, 11) is -1.51. The average molecular weight is 830 g/mol. The molecule has 16 heteroatoms. The van der Waals surface area contributed by atoms with E-state index < -0.39 is 10.1 Å². The minimum Gasteiger partial charge on any atom is -0.382 e. The number of nitrogens with two attached hydrogens (primary N) is 1. The first-order valence-electron chi connectivity index (χ1n) is 19.5. The second-order valence-electron chi connectivity index (χ2n) is 15.1. The monoisotopic (exact) mass is 829 g/mol.